The average Bonchev–Trinajstić information content (AvgIpc) is 2.84. The Hall–Kier alpha value is -2.10. The van der Waals surface area contributed by atoms with Crippen LogP contribution in [0.25, 0.3) is 0 Å². The number of aryl methyl sites for hydroxylation is 2. The molecule has 0 saturated carbocycles. The minimum Gasteiger partial charge on any atom is -0.338 e. The van der Waals surface area contributed by atoms with Crippen molar-refractivity contribution >= 4 is 11.6 Å². The monoisotopic (exact) mass is 241 g/mol. The zero-order valence-electron chi connectivity index (χ0n) is 10.3. The van der Waals surface area contributed by atoms with E-state index in [1.165, 1.54) is 5.56 Å². The van der Waals surface area contributed by atoms with Crippen molar-refractivity contribution in [1.29, 1.82) is 0 Å². The predicted molar refractivity (Wildman–Crippen MR) is 69.8 cm³/mol. The number of anilines is 1. The third-order valence-corrected chi connectivity index (χ3v) is 3.29. The second-order valence-corrected chi connectivity index (χ2v) is 4.57. The molecule has 0 saturated heterocycles. The lowest BCUT2D eigenvalue weighted by atomic mass is 10.0. The Balaban J connectivity index is 1.96. The molecule has 0 atom stereocenters. The van der Waals surface area contributed by atoms with Gasteiger partial charge in [0, 0.05) is 12.2 Å². The molecule has 1 N–H and O–H groups in total. The lowest BCUT2D eigenvalue weighted by Gasteiger charge is -2.28. The van der Waals surface area contributed by atoms with E-state index in [1.807, 2.05) is 30.0 Å². The van der Waals surface area contributed by atoms with Crippen LogP contribution in [-0.4, -0.2) is 22.4 Å². The summed E-state index contributed by atoms with van der Waals surface area (Å²) < 4.78 is 0. The molecule has 1 aromatic heterocycles. The number of H-pyrrole nitrogens is 1. The second kappa shape index (κ2) is 4.29. The number of fused-ring (bicyclic) bond motifs is 1. The van der Waals surface area contributed by atoms with Gasteiger partial charge < -0.3 is 9.88 Å². The molecule has 0 unspecified atom stereocenters. The summed E-state index contributed by atoms with van der Waals surface area (Å²) in [6.45, 7) is 2.62. The van der Waals surface area contributed by atoms with Gasteiger partial charge in [-0.2, -0.15) is 0 Å². The Kier molecular flexibility index (Phi) is 2.63. The maximum atomic E-state index is 12.4. The minimum absolute atomic E-state index is 0.00255. The molecule has 4 nitrogen and oxygen atoms in total. The second-order valence-electron chi connectivity index (χ2n) is 4.57. The molecule has 0 spiro atoms. The summed E-state index contributed by atoms with van der Waals surface area (Å²) in [6.07, 6.45) is 3.66. The van der Waals surface area contributed by atoms with E-state index in [0.717, 1.165) is 30.9 Å². The molecule has 2 aromatic rings. The highest BCUT2D eigenvalue weighted by molar-refractivity contribution is 6.05. The molecule has 1 aliphatic rings. The van der Waals surface area contributed by atoms with E-state index in [0.29, 0.717) is 5.69 Å². The van der Waals surface area contributed by atoms with Crippen LogP contribution in [0.2, 0.25) is 0 Å². The van der Waals surface area contributed by atoms with E-state index in [2.05, 4.69) is 16.0 Å². The third-order valence-electron chi connectivity index (χ3n) is 3.29. The zero-order chi connectivity index (χ0) is 12.5. The van der Waals surface area contributed by atoms with Crippen LogP contribution in [0.1, 0.15) is 28.3 Å². The van der Waals surface area contributed by atoms with Crippen molar-refractivity contribution in [2.24, 2.45) is 0 Å². The number of amides is 1. The number of carbonyl (C=O) groups excluding carboxylic acids is 1. The average molecular weight is 241 g/mol. The Labute approximate surface area is 106 Å². The molecule has 0 fully saturated rings. The number of benzene rings is 1. The fourth-order valence-electron chi connectivity index (χ4n) is 2.42. The van der Waals surface area contributed by atoms with E-state index in [1.54, 1.807) is 6.20 Å². The molecule has 0 radical (unpaired) electrons. The SMILES string of the molecule is Cc1ncc(C(=O)N2CCCc3ccccc32)[nH]1. The van der Waals surface area contributed by atoms with Crippen LogP contribution in [0.15, 0.2) is 30.5 Å². The minimum atomic E-state index is 0.00255. The molecule has 0 bridgehead atoms. The van der Waals surface area contributed by atoms with Gasteiger partial charge in [-0.05, 0) is 31.4 Å². The van der Waals surface area contributed by atoms with Crippen LogP contribution in [0, 0.1) is 6.92 Å². The van der Waals surface area contributed by atoms with E-state index < -0.39 is 0 Å². The maximum absolute atomic E-state index is 12.4. The Morgan fingerprint density at radius 1 is 1.39 bits per heavy atom. The van der Waals surface area contributed by atoms with Crippen molar-refractivity contribution < 1.29 is 4.79 Å². The van der Waals surface area contributed by atoms with E-state index >= 15 is 0 Å². The Bertz CT molecular complexity index is 588. The number of carbonyl (C=O) groups is 1. The number of para-hydroxylation sites is 1. The highest BCUT2D eigenvalue weighted by Gasteiger charge is 2.24. The molecule has 3 rings (SSSR count). The summed E-state index contributed by atoms with van der Waals surface area (Å²) in [7, 11) is 0. The van der Waals surface area contributed by atoms with Crippen LogP contribution in [0.4, 0.5) is 5.69 Å². The Morgan fingerprint density at radius 2 is 2.22 bits per heavy atom. The van der Waals surface area contributed by atoms with Crippen LogP contribution >= 0.6 is 0 Å². The van der Waals surface area contributed by atoms with Crippen LogP contribution in [0.3, 0.4) is 0 Å². The van der Waals surface area contributed by atoms with E-state index in [-0.39, 0.29) is 5.91 Å². The normalized spacial score (nSPS) is 14.4. The molecule has 1 aliphatic heterocycles. The van der Waals surface area contributed by atoms with Gasteiger partial charge >= 0.3 is 0 Å². The van der Waals surface area contributed by atoms with Gasteiger partial charge in [0.15, 0.2) is 0 Å². The predicted octanol–water partition coefficient (Wildman–Crippen LogP) is 2.31. The lowest BCUT2D eigenvalue weighted by Crippen LogP contribution is -2.35. The fourth-order valence-corrected chi connectivity index (χ4v) is 2.42. The molecular weight excluding hydrogens is 226 g/mol. The van der Waals surface area contributed by atoms with Crippen molar-refractivity contribution in [3.8, 4) is 0 Å². The van der Waals surface area contributed by atoms with E-state index in [4.69, 9.17) is 0 Å². The standard InChI is InChI=1S/C14H15N3O/c1-10-15-9-12(16-10)14(18)17-8-4-6-11-5-2-3-7-13(11)17/h2-3,5,7,9H,4,6,8H2,1H3,(H,15,16). The molecule has 18 heavy (non-hydrogen) atoms. The number of nitrogens with zero attached hydrogens (tertiary/aromatic N) is 2. The van der Waals surface area contributed by atoms with Gasteiger partial charge in [-0.25, -0.2) is 4.98 Å². The molecule has 1 amide bonds. The number of rotatable bonds is 1. The quantitative estimate of drug-likeness (QED) is 0.833. The number of imidazole rings is 1. The van der Waals surface area contributed by atoms with Gasteiger partial charge in [0.1, 0.15) is 11.5 Å². The molecule has 4 heteroatoms. The molecule has 2 heterocycles. The Morgan fingerprint density at radius 3 is 3.00 bits per heavy atom. The summed E-state index contributed by atoms with van der Waals surface area (Å²) in [5.41, 5.74) is 2.83. The van der Waals surface area contributed by atoms with Gasteiger partial charge in [0.25, 0.3) is 5.91 Å². The summed E-state index contributed by atoms with van der Waals surface area (Å²) in [6, 6.07) is 8.10. The fraction of sp³-hybridized carbons (Fsp3) is 0.286. The molecule has 1 aromatic carbocycles. The summed E-state index contributed by atoms with van der Waals surface area (Å²) >= 11 is 0. The van der Waals surface area contributed by atoms with Crippen LogP contribution < -0.4 is 4.90 Å². The van der Waals surface area contributed by atoms with Gasteiger partial charge in [-0.3, -0.25) is 4.79 Å². The number of hydrogen-bond acceptors (Lipinski definition) is 2. The first-order valence-electron chi connectivity index (χ1n) is 6.17. The zero-order valence-corrected chi connectivity index (χ0v) is 10.3. The molecule has 92 valence electrons. The number of aromatic nitrogens is 2. The van der Waals surface area contributed by atoms with Crippen LogP contribution in [0.5, 0.6) is 0 Å². The summed E-state index contributed by atoms with van der Waals surface area (Å²) in [5, 5.41) is 0. The highest BCUT2D eigenvalue weighted by atomic mass is 16.2. The van der Waals surface area contributed by atoms with Crippen molar-refractivity contribution in [3.63, 3.8) is 0 Å². The van der Waals surface area contributed by atoms with Crippen molar-refractivity contribution in [3.05, 3.63) is 47.5 Å². The largest absolute Gasteiger partial charge is 0.338 e. The number of nitrogens with one attached hydrogen (secondary N) is 1. The molecule has 0 aliphatic carbocycles. The topological polar surface area (TPSA) is 49.0 Å². The first kappa shape index (κ1) is 11.0. The maximum Gasteiger partial charge on any atom is 0.276 e. The lowest BCUT2D eigenvalue weighted by molar-refractivity contribution is 0.0980. The molecular formula is C14H15N3O. The van der Waals surface area contributed by atoms with Gasteiger partial charge in [-0.15, -0.1) is 0 Å². The number of aromatic amines is 1. The number of hydrogen-bond donors (Lipinski definition) is 1. The summed E-state index contributed by atoms with van der Waals surface area (Å²) in [5.74, 6) is 0.770. The third kappa shape index (κ3) is 1.79. The van der Waals surface area contributed by atoms with Crippen molar-refractivity contribution in [2.75, 3.05) is 11.4 Å². The van der Waals surface area contributed by atoms with Crippen molar-refractivity contribution in [2.45, 2.75) is 19.8 Å². The highest BCUT2D eigenvalue weighted by Crippen LogP contribution is 2.27. The van der Waals surface area contributed by atoms with Gasteiger partial charge in [0.05, 0.1) is 6.20 Å². The van der Waals surface area contributed by atoms with E-state index in [9.17, 15) is 4.79 Å². The first-order valence-corrected chi connectivity index (χ1v) is 6.17. The summed E-state index contributed by atoms with van der Waals surface area (Å²) in [4.78, 5) is 21.4. The smallest absolute Gasteiger partial charge is 0.276 e. The van der Waals surface area contributed by atoms with Gasteiger partial charge in [-0.1, -0.05) is 18.2 Å². The van der Waals surface area contributed by atoms with Crippen molar-refractivity contribution in [1.82, 2.24) is 9.97 Å². The van der Waals surface area contributed by atoms with Crippen LogP contribution in [-0.2, 0) is 6.42 Å². The van der Waals surface area contributed by atoms with Gasteiger partial charge in [0.2, 0.25) is 0 Å². The first-order chi connectivity index (χ1) is 8.75.